The number of aromatic amines is 1. The topological polar surface area (TPSA) is 113 Å². The summed E-state index contributed by atoms with van der Waals surface area (Å²) in [6, 6.07) is 19.9. The summed E-state index contributed by atoms with van der Waals surface area (Å²) in [5.74, 6) is 0.0123. The minimum atomic E-state index is -0.352. The van der Waals surface area contributed by atoms with Crippen molar-refractivity contribution in [3.05, 3.63) is 87.8 Å². The number of halogens is 1. The molecule has 3 heterocycles. The number of nitrogens with one attached hydrogen (secondary N) is 2. The predicted molar refractivity (Wildman–Crippen MR) is 146 cm³/mol. The Balaban J connectivity index is 1.26. The number of anilines is 1. The zero-order valence-electron chi connectivity index (χ0n) is 20.4. The van der Waals surface area contributed by atoms with Gasteiger partial charge in [0.05, 0.1) is 15.9 Å². The van der Waals surface area contributed by atoms with E-state index >= 15 is 0 Å². The second kappa shape index (κ2) is 9.42. The monoisotopic (exact) mass is 526 g/mol. The largest absolute Gasteiger partial charge is 0.342 e. The Bertz CT molecular complexity index is 1790. The van der Waals surface area contributed by atoms with Crippen LogP contribution in [0, 0.1) is 5.92 Å². The fourth-order valence-electron chi connectivity index (χ4n) is 4.92. The van der Waals surface area contributed by atoms with Crippen LogP contribution in [0.5, 0.6) is 0 Å². The standard InChI is InChI=1S/C28H23ClN6O3/c1-16(36)34-13-17(14-34)15-35-24-9-5-4-8-22(24)26(33-35)28(38)30-18-10-11-21(23(29)12-18)25-19-6-2-3-7-20(19)27(37)32-31-25/h2-12,17H,13-15H2,1H3,(H,30,38)(H,32,37). The van der Waals surface area contributed by atoms with Gasteiger partial charge in [0.15, 0.2) is 5.69 Å². The molecule has 0 atom stereocenters. The van der Waals surface area contributed by atoms with Gasteiger partial charge in [0.2, 0.25) is 5.91 Å². The van der Waals surface area contributed by atoms with Crippen LogP contribution in [0.15, 0.2) is 71.5 Å². The Morgan fingerprint density at radius 3 is 2.47 bits per heavy atom. The fourth-order valence-corrected chi connectivity index (χ4v) is 5.19. The molecule has 1 saturated heterocycles. The number of nitrogens with zero attached hydrogens (tertiary/aromatic N) is 4. The number of carbonyl (C=O) groups excluding carboxylic acids is 2. The van der Waals surface area contributed by atoms with E-state index in [4.69, 9.17) is 11.6 Å². The molecule has 3 aromatic carbocycles. The summed E-state index contributed by atoms with van der Waals surface area (Å²) in [7, 11) is 0. The van der Waals surface area contributed by atoms with Crippen LogP contribution in [-0.2, 0) is 11.3 Å². The van der Waals surface area contributed by atoms with E-state index < -0.39 is 0 Å². The maximum atomic E-state index is 13.3. The van der Waals surface area contributed by atoms with Crippen LogP contribution in [0.3, 0.4) is 0 Å². The van der Waals surface area contributed by atoms with Crippen molar-refractivity contribution in [3.63, 3.8) is 0 Å². The van der Waals surface area contributed by atoms with E-state index in [1.165, 1.54) is 0 Å². The highest BCUT2D eigenvalue weighted by molar-refractivity contribution is 6.34. The molecule has 5 aromatic rings. The number of likely N-dealkylation sites (tertiary alicyclic amines) is 1. The van der Waals surface area contributed by atoms with Crippen molar-refractivity contribution in [2.45, 2.75) is 13.5 Å². The third-order valence-corrected chi connectivity index (χ3v) is 7.20. The molecule has 2 N–H and O–H groups in total. The van der Waals surface area contributed by atoms with Crippen molar-refractivity contribution in [3.8, 4) is 11.3 Å². The van der Waals surface area contributed by atoms with E-state index in [9.17, 15) is 14.4 Å². The molecule has 0 saturated carbocycles. The molecule has 38 heavy (non-hydrogen) atoms. The van der Waals surface area contributed by atoms with Gasteiger partial charge in [0, 0.05) is 54.5 Å². The molecule has 2 aromatic heterocycles. The first-order chi connectivity index (χ1) is 18.4. The Hall–Kier alpha value is -4.50. The Labute approximate surface area is 222 Å². The molecule has 2 amide bonds. The number of carbonyl (C=O) groups is 2. The Morgan fingerprint density at radius 1 is 1.03 bits per heavy atom. The molecule has 10 heteroatoms. The Morgan fingerprint density at radius 2 is 1.74 bits per heavy atom. The van der Waals surface area contributed by atoms with Crippen molar-refractivity contribution < 1.29 is 9.59 Å². The summed E-state index contributed by atoms with van der Waals surface area (Å²) in [5.41, 5.74) is 2.59. The number of para-hydroxylation sites is 1. The second-order valence-corrected chi connectivity index (χ2v) is 9.84. The highest BCUT2D eigenvalue weighted by atomic mass is 35.5. The summed E-state index contributed by atoms with van der Waals surface area (Å²) >= 11 is 6.62. The third-order valence-electron chi connectivity index (χ3n) is 6.88. The summed E-state index contributed by atoms with van der Waals surface area (Å²) in [4.78, 5) is 38.8. The molecule has 0 radical (unpaired) electrons. The van der Waals surface area contributed by atoms with Gasteiger partial charge in [0.25, 0.3) is 11.5 Å². The van der Waals surface area contributed by atoms with Gasteiger partial charge < -0.3 is 10.2 Å². The third kappa shape index (κ3) is 4.20. The number of benzene rings is 3. The highest BCUT2D eigenvalue weighted by Gasteiger charge is 2.30. The summed E-state index contributed by atoms with van der Waals surface area (Å²) in [6.07, 6.45) is 0. The van der Waals surface area contributed by atoms with Crippen molar-refractivity contribution in [2.24, 2.45) is 5.92 Å². The van der Waals surface area contributed by atoms with Crippen molar-refractivity contribution in [1.82, 2.24) is 24.9 Å². The quantitative estimate of drug-likeness (QED) is 0.354. The van der Waals surface area contributed by atoms with Crippen LogP contribution in [0.25, 0.3) is 32.9 Å². The number of H-pyrrole nitrogens is 1. The number of amides is 2. The van der Waals surface area contributed by atoms with Crippen LogP contribution < -0.4 is 10.9 Å². The maximum absolute atomic E-state index is 13.3. The lowest BCUT2D eigenvalue weighted by molar-refractivity contribution is -0.135. The molecular formula is C28H23ClN6O3. The average molecular weight is 527 g/mol. The van der Waals surface area contributed by atoms with Gasteiger partial charge in [-0.25, -0.2) is 5.10 Å². The first-order valence-electron chi connectivity index (χ1n) is 12.2. The molecule has 0 aliphatic carbocycles. The lowest BCUT2D eigenvalue weighted by Crippen LogP contribution is -2.50. The molecular weight excluding hydrogens is 504 g/mol. The second-order valence-electron chi connectivity index (χ2n) is 9.43. The molecule has 9 nitrogen and oxygen atoms in total. The van der Waals surface area contributed by atoms with E-state index in [0.717, 1.165) is 10.9 Å². The van der Waals surface area contributed by atoms with Crippen LogP contribution in [-0.4, -0.2) is 49.8 Å². The zero-order chi connectivity index (χ0) is 26.4. The fraction of sp³-hybridized carbons (Fsp3) is 0.179. The van der Waals surface area contributed by atoms with E-state index in [1.807, 2.05) is 41.1 Å². The predicted octanol–water partition coefficient (Wildman–Crippen LogP) is 4.32. The van der Waals surface area contributed by atoms with Crippen LogP contribution in [0.4, 0.5) is 5.69 Å². The summed E-state index contributed by atoms with van der Waals surface area (Å²) < 4.78 is 1.84. The SMILES string of the molecule is CC(=O)N1CC(Cn2nc(C(=O)Nc3ccc(-c4n[nH]c(=O)c5ccccc45)c(Cl)c3)c3ccccc32)C1. The van der Waals surface area contributed by atoms with Gasteiger partial charge in [-0.2, -0.15) is 10.2 Å². The minimum Gasteiger partial charge on any atom is -0.342 e. The zero-order valence-corrected chi connectivity index (χ0v) is 21.2. The van der Waals surface area contributed by atoms with E-state index in [0.29, 0.717) is 64.0 Å². The minimum absolute atomic E-state index is 0.0702. The van der Waals surface area contributed by atoms with E-state index in [1.54, 1.807) is 42.2 Å². The first kappa shape index (κ1) is 23.9. The molecule has 0 spiro atoms. The number of hydrogen-bond donors (Lipinski definition) is 2. The van der Waals surface area contributed by atoms with Crippen molar-refractivity contribution in [2.75, 3.05) is 18.4 Å². The smallest absolute Gasteiger partial charge is 0.276 e. The molecule has 6 rings (SSSR count). The van der Waals surface area contributed by atoms with Crippen molar-refractivity contribution in [1.29, 1.82) is 0 Å². The van der Waals surface area contributed by atoms with E-state index in [2.05, 4.69) is 20.6 Å². The van der Waals surface area contributed by atoms with Gasteiger partial charge in [0.1, 0.15) is 5.69 Å². The molecule has 0 unspecified atom stereocenters. The number of rotatable bonds is 5. The van der Waals surface area contributed by atoms with Gasteiger partial charge >= 0.3 is 0 Å². The summed E-state index contributed by atoms with van der Waals surface area (Å²) in [5, 5.41) is 16.6. The Kier molecular flexibility index (Phi) is 5.92. The lowest BCUT2D eigenvalue weighted by Gasteiger charge is -2.38. The van der Waals surface area contributed by atoms with Crippen LogP contribution in [0.1, 0.15) is 17.4 Å². The van der Waals surface area contributed by atoms with Gasteiger partial charge in [-0.15, -0.1) is 0 Å². The average Bonchev–Trinajstić information content (AvgIpc) is 3.25. The number of hydrogen-bond acceptors (Lipinski definition) is 5. The number of aromatic nitrogens is 4. The maximum Gasteiger partial charge on any atom is 0.276 e. The van der Waals surface area contributed by atoms with Gasteiger partial charge in [-0.3, -0.25) is 19.1 Å². The molecule has 1 fully saturated rings. The first-order valence-corrected chi connectivity index (χ1v) is 12.6. The van der Waals surface area contributed by atoms with Gasteiger partial charge in [-0.05, 0) is 30.3 Å². The molecule has 1 aliphatic heterocycles. The van der Waals surface area contributed by atoms with Crippen molar-refractivity contribution >= 4 is 50.8 Å². The molecule has 0 bridgehead atoms. The molecule has 1 aliphatic rings. The highest BCUT2D eigenvalue weighted by Crippen LogP contribution is 2.33. The normalized spacial score (nSPS) is 13.6. The number of fused-ring (bicyclic) bond motifs is 2. The van der Waals surface area contributed by atoms with E-state index in [-0.39, 0.29) is 17.4 Å². The van der Waals surface area contributed by atoms with Crippen LogP contribution >= 0.6 is 11.6 Å². The van der Waals surface area contributed by atoms with Gasteiger partial charge in [-0.1, -0.05) is 48.0 Å². The molecule has 190 valence electrons. The lowest BCUT2D eigenvalue weighted by atomic mass is 10.0. The summed E-state index contributed by atoms with van der Waals surface area (Å²) in [6.45, 7) is 3.57. The van der Waals surface area contributed by atoms with Crippen LogP contribution in [0.2, 0.25) is 5.02 Å².